The molecular weight excluding hydrogens is 482 g/mol. The van der Waals surface area contributed by atoms with Gasteiger partial charge in [-0.25, -0.2) is 0 Å². The first-order chi connectivity index (χ1) is 19.6. The molecule has 1 heteroatoms. The van der Waals surface area contributed by atoms with Gasteiger partial charge in [-0.15, -0.1) is 0 Å². The van der Waals surface area contributed by atoms with E-state index in [9.17, 15) is 0 Å². The lowest BCUT2D eigenvalue weighted by Crippen LogP contribution is -2.06. The lowest BCUT2D eigenvalue weighted by molar-refractivity contribution is 0.593. The van der Waals surface area contributed by atoms with Gasteiger partial charge in [0.15, 0.2) is 0 Å². The SMILES string of the molecule is C=C(Nc1ccc(C)cc1)c1cc(CCCCCCCC)c(CCCCCCCC)c(CCCCCCCC)c1. The molecule has 0 fully saturated rings. The molecule has 0 radical (unpaired) electrons. The van der Waals surface area contributed by atoms with Crippen LogP contribution in [0.2, 0.25) is 0 Å². The predicted octanol–water partition coefficient (Wildman–Crippen LogP) is 12.8. The first-order valence-electron chi connectivity index (χ1n) is 17.3. The van der Waals surface area contributed by atoms with Crippen molar-refractivity contribution in [1.82, 2.24) is 0 Å². The molecule has 0 amide bonds. The summed E-state index contributed by atoms with van der Waals surface area (Å²) in [4.78, 5) is 0. The van der Waals surface area contributed by atoms with Gasteiger partial charge in [0.25, 0.3) is 0 Å². The van der Waals surface area contributed by atoms with Crippen LogP contribution >= 0.6 is 0 Å². The summed E-state index contributed by atoms with van der Waals surface area (Å²) in [5.74, 6) is 0. The van der Waals surface area contributed by atoms with E-state index < -0.39 is 0 Å². The average Bonchev–Trinajstić information content (AvgIpc) is 2.96. The molecule has 2 rings (SSSR count). The Morgan fingerprint density at radius 1 is 0.550 bits per heavy atom. The molecule has 0 aliphatic carbocycles. The highest BCUT2D eigenvalue weighted by atomic mass is 14.9. The first kappa shape index (κ1) is 34.2. The molecular formula is C39H63N. The summed E-state index contributed by atoms with van der Waals surface area (Å²) < 4.78 is 0. The zero-order valence-electron chi connectivity index (χ0n) is 27.0. The molecule has 0 saturated carbocycles. The van der Waals surface area contributed by atoms with E-state index >= 15 is 0 Å². The monoisotopic (exact) mass is 545 g/mol. The number of rotatable bonds is 24. The molecule has 0 saturated heterocycles. The van der Waals surface area contributed by atoms with Gasteiger partial charge < -0.3 is 5.32 Å². The molecule has 0 atom stereocenters. The van der Waals surface area contributed by atoms with E-state index in [0.717, 1.165) is 11.4 Å². The van der Waals surface area contributed by atoms with Gasteiger partial charge in [-0.1, -0.05) is 141 Å². The fraction of sp³-hybridized carbons (Fsp3) is 0.641. The van der Waals surface area contributed by atoms with Crippen LogP contribution in [0.25, 0.3) is 5.70 Å². The second-order valence-corrected chi connectivity index (χ2v) is 12.3. The van der Waals surface area contributed by atoms with Crippen molar-refractivity contribution in [3.8, 4) is 0 Å². The molecule has 40 heavy (non-hydrogen) atoms. The number of anilines is 1. The maximum absolute atomic E-state index is 4.51. The molecule has 1 N–H and O–H groups in total. The number of benzene rings is 2. The second-order valence-electron chi connectivity index (χ2n) is 12.3. The lowest BCUT2D eigenvalue weighted by Gasteiger charge is -2.20. The highest BCUT2D eigenvalue weighted by Gasteiger charge is 2.13. The van der Waals surface area contributed by atoms with Crippen LogP contribution < -0.4 is 5.32 Å². The maximum Gasteiger partial charge on any atom is 0.0385 e. The van der Waals surface area contributed by atoms with Crippen molar-refractivity contribution in [2.24, 2.45) is 0 Å². The summed E-state index contributed by atoms with van der Waals surface area (Å²) in [6, 6.07) is 13.7. The van der Waals surface area contributed by atoms with Crippen LogP contribution in [-0.4, -0.2) is 0 Å². The lowest BCUT2D eigenvalue weighted by atomic mass is 9.87. The first-order valence-corrected chi connectivity index (χ1v) is 17.3. The highest BCUT2D eigenvalue weighted by molar-refractivity contribution is 5.76. The Hall–Kier alpha value is -2.02. The van der Waals surface area contributed by atoms with Gasteiger partial charge in [-0.3, -0.25) is 0 Å². The van der Waals surface area contributed by atoms with Crippen molar-refractivity contribution in [2.75, 3.05) is 5.32 Å². The molecule has 0 unspecified atom stereocenters. The topological polar surface area (TPSA) is 12.0 Å². The van der Waals surface area contributed by atoms with Gasteiger partial charge in [0.05, 0.1) is 0 Å². The predicted molar refractivity (Wildman–Crippen MR) is 182 cm³/mol. The van der Waals surface area contributed by atoms with Gasteiger partial charge in [-0.05, 0) is 92.0 Å². The molecule has 0 bridgehead atoms. The van der Waals surface area contributed by atoms with Crippen LogP contribution in [-0.2, 0) is 19.3 Å². The average molecular weight is 546 g/mol. The minimum atomic E-state index is 1.03. The van der Waals surface area contributed by atoms with Crippen molar-refractivity contribution >= 4 is 11.4 Å². The third-order valence-corrected chi connectivity index (χ3v) is 8.51. The Kier molecular flexibility index (Phi) is 18.5. The number of unbranched alkanes of at least 4 members (excludes halogenated alkanes) is 15. The van der Waals surface area contributed by atoms with Crippen molar-refractivity contribution < 1.29 is 0 Å². The summed E-state index contributed by atoms with van der Waals surface area (Å²) in [7, 11) is 0. The van der Waals surface area contributed by atoms with Crippen molar-refractivity contribution in [2.45, 2.75) is 163 Å². The Labute approximate surface area is 249 Å². The van der Waals surface area contributed by atoms with Gasteiger partial charge in [0.2, 0.25) is 0 Å². The van der Waals surface area contributed by atoms with Gasteiger partial charge in [0.1, 0.15) is 0 Å². The van der Waals surface area contributed by atoms with Gasteiger partial charge in [-0.2, -0.15) is 0 Å². The summed E-state index contributed by atoms with van der Waals surface area (Å²) in [6.07, 6.45) is 28.2. The molecule has 224 valence electrons. The summed E-state index contributed by atoms with van der Waals surface area (Å²) in [6.45, 7) is 13.6. The third-order valence-electron chi connectivity index (χ3n) is 8.51. The molecule has 0 aliphatic heterocycles. The number of nitrogens with one attached hydrogen (secondary N) is 1. The zero-order chi connectivity index (χ0) is 28.8. The van der Waals surface area contributed by atoms with E-state index in [2.05, 4.69) is 76.0 Å². The highest BCUT2D eigenvalue weighted by Crippen LogP contribution is 2.29. The number of hydrogen-bond acceptors (Lipinski definition) is 1. The summed E-state index contributed by atoms with van der Waals surface area (Å²) in [5, 5.41) is 3.62. The molecule has 2 aromatic rings. The smallest absolute Gasteiger partial charge is 0.0385 e. The van der Waals surface area contributed by atoms with E-state index in [1.165, 1.54) is 146 Å². The molecule has 0 heterocycles. The third kappa shape index (κ3) is 14.0. The van der Waals surface area contributed by atoms with E-state index in [-0.39, 0.29) is 0 Å². The standard InChI is InChI=1S/C39H63N/c1-6-9-12-15-18-21-24-35-31-37(34(5)40-38-29-27-33(4)28-30-38)32-36(25-22-19-16-13-10-7-2)39(35)26-23-20-17-14-11-8-3/h27-32,40H,5-26H2,1-4H3. The van der Waals surface area contributed by atoms with Crippen LogP contribution in [0, 0.1) is 6.92 Å². The van der Waals surface area contributed by atoms with Gasteiger partial charge >= 0.3 is 0 Å². The van der Waals surface area contributed by atoms with Gasteiger partial charge in [0, 0.05) is 11.4 Å². The normalized spacial score (nSPS) is 11.2. The molecule has 0 spiro atoms. The molecule has 1 nitrogen and oxygen atoms in total. The second kappa shape index (κ2) is 21.7. The minimum absolute atomic E-state index is 1.03. The zero-order valence-corrected chi connectivity index (χ0v) is 27.0. The van der Waals surface area contributed by atoms with Crippen LogP contribution in [0.4, 0.5) is 5.69 Å². The number of aryl methyl sites for hydroxylation is 3. The Morgan fingerprint density at radius 3 is 1.40 bits per heavy atom. The fourth-order valence-electron chi connectivity index (χ4n) is 5.90. The van der Waals surface area contributed by atoms with E-state index in [1.807, 2.05) is 0 Å². The summed E-state index contributed by atoms with van der Waals surface area (Å²) in [5.41, 5.74) is 9.63. The van der Waals surface area contributed by atoms with Crippen LogP contribution in [0.1, 0.15) is 164 Å². The Morgan fingerprint density at radius 2 is 0.950 bits per heavy atom. The maximum atomic E-state index is 4.51. The van der Waals surface area contributed by atoms with E-state index in [0.29, 0.717) is 0 Å². The summed E-state index contributed by atoms with van der Waals surface area (Å²) >= 11 is 0. The van der Waals surface area contributed by atoms with Crippen LogP contribution in [0.3, 0.4) is 0 Å². The fourth-order valence-corrected chi connectivity index (χ4v) is 5.90. The Bertz CT molecular complexity index is 885. The quantitative estimate of drug-likeness (QED) is 0.129. The largest absolute Gasteiger partial charge is 0.356 e. The van der Waals surface area contributed by atoms with Crippen LogP contribution in [0.5, 0.6) is 0 Å². The molecule has 0 aliphatic rings. The molecule has 0 aromatic heterocycles. The van der Waals surface area contributed by atoms with Crippen LogP contribution in [0.15, 0.2) is 43.0 Å². The van der Waals surface area contributed by atoms with Crippen molar-refractivity contribution in [1.29, 1.82) is 0 Å². The van der Waals surface area contributed by atoms with E-state index in [1.54, 1.807) is 16.7 Å². The van der Waals surface area contributed by atoms with E-state index in [4.69, 9.17) is 0 Å². The minimum Gasteiger partial charge on any atom is -0.356 e. The molecule has 2 aromatic carbocycles. The Balaban J connectivity index is 2.23. The number of hydrogen-bond donors (Lipinski definition) is 1. The van der Waals surface area contributed by atoms with Crippen molar-refractivity contribution in [3.05, 3.63) is 70.8 Å². The van der Waals surface area contributed by atoms with Crippen molar-refractivity contribution in [3.63, 3.8) is 0 Å².